The number of ether oxygens (including phenoxy) is 1. The molecule has 5 nitrogen and oxygen atoms in total. The maximum absolute atomic E-state index is 9.17. The third-order valence-electron chi connectivity index (χ3n) is 4.21. The summed E-state index contributed by atoms with van der Waals surface area (Å²) in [5.41, 5.74) is 0. The van der Waals surface area contributed by atoms with E-state index in [2.05, 4.69) is 24.1 Å². The molecule has 0 bridgehead atoms. The van der Waals surface area contributed by atoms with Gasteiger partial charge >= 0.3 is 0 Å². The van der Waals surface area contributed by atoms with Crippen molar-refractivity contribution >= 4 is 5.96 Å². The van der Waals surface area contributed by atoms with Gasteiger partial charge in [0.05, 0.1) is 6.61 Å². The minimum absolute atomic E-state index is 0.261. The van der Waals surface area contributed by atoms with E-state index in [4.69, 9.17) is 9.73 Å². The first-order valence-corrected chi connectivity index (χ1v) is 8.96. The molecule has 130 valence electrons. The summed E-state index contributed by atoms with van der Waals surface area (Å²) >= 11 is 0. The number of nitrogens with zero attached hydrogens (tertiary/aromatic N) is 2. The van der Waals surface area contributed by atoms with E-state index in [1.165, 1.54) is 6.42 Å². The number of nitrogens with one attached hydrogen (secondary N) is 1. The van der Waals surface area contributed by atoms with Gasteiger partial charge in [0, 0.05) is 45.3 Å². The lowest BCUT2D eigenvalue weighted by Crippen LogP contribution is -2.40. The van der Waals surface area contributed by atoms with Crippen LogP contribution in [0, 0.1) is 11.8 Å². The van der Waals surface area contributed by atoms with Crippen molar-refractivity contribution < 1.29 is 9.84 Å². The second kappa shape index (κ2) is 11.7. The fourth-order valence-electron chi connectivity index (χ4n) is 3.00. The normalized spacial score (nSPS) is 20.5. The second-order valence-electron chi connectivity index (χ2n) is 6.12. The van der Waals surface area contributed by atoms with Crippen molar-refractivity contribution in [2.45, 2.75) is 46.5 Å². The van der Waals surface area contributed by atoms with Crippen LogP contribution in [0.2, 0.25) is 0 Å². The van der Waals surface area contributed by atoms with Crippen molar-refractivity contribution in [1.29, 1.82) is 0 Å². The van der Waals surface area contributed by atoms with Gasteiger partial charge in [0.25, 0.3) is 0 Å². The SMILES string of the molecule is CCCC(CCO)CN=C(NCC)N1CCC(COCC)C1. The van der Waals surface area contributed by atoms with Gasteiger partial charge in [-0.15, -0.1) is 0 Å². The first kappa shape index (κ1) is 19.2. The minimum atomic E-state index is 0.261. The standard InChI is InChI=1S/C17H35N3O2/c1-4-7-15(9-11-21)12-19-17(18-5-2)20-10-8-16(13-20)14-22-6-3/h15-16,21H,4-14H2,1-3H3,(H,18,19). The average molecular weight is 313 g/mol. The predicted octanol–water partition coefficient (Wildman–Crippen LogP) is 2.11. The largest absolute Gasteiger partial charge is 0.396 e. The van der Waals surface area contributed by atoms with Crippen molar-refractivity contribution in [3.05, 3.63) is 0 Å². The van der Waals surface area contributed by atoms with Crippen LogP contribution in [0.5, 0.6) is 0 Å². The van der Waals surface area contributed by atoms with Gasteiger partial charge in [-0.3, -0.25) is 4.99 Å². The number of aliphatic hydroxyl groups is 1. The summed E-state index contributed by atoms with van der Waals surface area (Å²) in [4.78, 5) is 7.18. The molecule has 1 aliphatic rings. The molecule has 22 heavy (non-hydrogen) atoms. The lowest BCUT2D eigenvalue weighted by molar-refractivity contribution is 0.114. The molecule has 2 N–H and O–H groups in total. The first-order valence-electron chi connectivity index (χ1n) is 8.96. The molecule has 0 spiro atoms. The maximum Gasteiger partial charge on any atom is 0.193 e. The Morgan fingerprint density at radius 1 is 1.36 bits per heavy atom. The Hall–Kier alpha value is -0.810. The van der Waals surface area contributed by atoms with Crippen molar-refractivity contribution in [2.24, 2.45) is 16.8 Å². The van der Waals surface area contributed by atoms with Gasteiger partial charge in [-0.1, -0.05) is 13.3 Å². The first-order chi connectivity index (χ1) is 10.7. The molecule has 2 atom stereocenters. The molecule has 0 aromatic rings. The van der Waals surface area contributed by atoms with Gasteiger partial charge < -0.3 is 20.1 Å². The minimum Gasteiger partial charge on any atom is -0.396 e. The molecular formula is C17H35N3O2. The molecule has 0 aliphatic carbocycles. The van der Waals surface area contributed by atoms with Gasteiger partial charge in [-0.2, -0.15) is 0 Å². The Morgan fingerprint density at radius 3 is 2.82 bits per heavy atom. The van der Waals surface area contributed by atoms with Gasteiger partial charge in [0.2, 0.25) is 0 Å². The van der Waals surface area contributed by atoms with E-state index >= 15 is 0 Å². The summed E-state index contributed by atoms with van der Waals surface area (Å²) in [7, 11) is 0. The smallest absolute Gasteiger partial charge is 0.193 e. The highest BCUT2D eigenvalue weighted by molar-refractivity contribution is 5.80. The molecule has 1 saturated heterocycles. The lowest BCUT2D eigenvalue weighted by Gasteiger charge is -2.23. The molecule has 1 aliphatic heterocycles. The van der Waals surface area contributed by atoms with Gasteiger partial charge in [0.1, 0.15) is 0 Å². The monoisotopic (exact) mass is 313 g/mol. The predicted molar refractivity (Wildman–Crippen MR) is 92.3 cm³/mol. The summed E-state index contributed by atoms with van der Waals surface area (Å²) in [5.74, 6) is 2.14. The van der Waals surface area contributed by atoms with Crippen LogP contribution in [-0.4, -0.2) is 62.0 Å². The molecule has 0 aromatic heterocycles. The van der Waals surface area contributed by atoms with E-state index in [1.54, 1.807) is 0 Å². The third-order valence-corrected chi connectivity index (χ3v) is 4.21. The summed E-state index contributed by atoms with van der Waals surface area (Å²) in [6, 6.07) is 0. The highest BCUT2D eigenvalue weighted by Crippen LogP contribution is 2.17. The highest BCUT2D eigenvalue weighted by atomic mass is 16.5. The second-order valence-corrected chi connectivity index (χ2v) is 6.12. The fraction of sp³-hybridized carbons (Fsp3) is 0.941. The lowest BCUT2D eigenvalue weighted by atomic mass is 10.0. The number of rotatable bonds is 10. The van der Waals surface area contributed by atoms with Crippen LogP contribution in [0.3, 0.4) is 0 Å². The van der Waals surface area contributed by atoms with Crippen LogP contribution < -0.4 is 5.32 Å². The fourth-order valence-corrected chi connectivity index (χ4v) is 3.00. The molecule has 0 saturated carbocycles. The van der Waals surface area contributed by atoms with Crippen LogP contribution in [0.25, 0.3) is 0 Å². The van der Waals surface area contributed by atoms with Crippen LogP contribution >= 0.6 is 0 Å². The Morgan fingerprint density at radius 2 is 2.18 bits per heavy atom. The Bertz CT molecular complexity index is 304. The average Bonchev–Trinajstić information content (AvgIpc) is 2.98. The van der Waals surface area contributed by atoms with Crippen LogP contribution in [0.4, 0.5) is 0 Å². The third kappa shape index (κ3) is 6.97. The van der Waals surface area contributed by atoms with Crippen molar-refractivity contribution in [3.8, 4) is 0 Å². The molecular weight excluding hydrogens is 278 g/mol. The van der Waals surface area contributed by atoms with Crippen molar-refractivity contribution in [1.82, 2.24) is 10.2 Å². The molecule has 1 rings (SSSR count). The van der Waals surface area contributed by atoms with Crippen molar-refractivity contribution in [2.75, 3.05) is 46.0 Å². The summed E-state index contributed by atoms with van der Waals surface area (Å²) < 4.78 is 5.55. The van der Waals surface area contributed by atoms with Gasteiger partial charge in [-0.25, -0.2) is 0 Å². The Kier molecular flexibility index (Phi) is 10.2. The Labute approximate surface area is 136 Å². The molecule has 1 heterocycles. The zero-order chi connectivity index (χ0) is 16.2. The molecule has 0 aromatic carbocycles. The van der Waals surface area contributed by atoms with E-state index in [0.29, 0.717) is 11.8 Å². The molecule has 5 heteroatoms. The number of aliphatic hydroxyl groups excluding tert-OH is 1. The number of hydrogen-bond acceptors (Lipinski definition) is 3. The van der Waals surface area contributed by atoms with E-state index in [9.17, 15) is 5.11 Å². The maximum atomic E-state index is 9.17. The summed E-state index contributed by atoms with van der Waals surface area (Å²) in [6.45, 7) is 12.1. The molecule has 0 amide bonds. The van der Waals surface area contributed by atoms with E-state index in [-0.39, 0.29) is 6.61 Å². The van der Waals surface area contributed by atoms with E-state index < -0.39 is 0 Å². The zero-order valence-electron chi connectivity index (χ0n) is 14.7. The molecule has 2 unspecified atom stereocenters. The van der Waals surface area contributed by atoms with Crippen molar-refractivity contribution in [3.63, 3.8) is 0 Å². The molecule has 0 radical (unpaired) electrons. The van der Waals surface area contributed by atoms with Crippen LogP contribution in [0.1, 0.15) is 46.5 Å². The number of guanidine groups is 1. The van der Waals surface area contributed by atoms with E-state index in [0.717, 1.165) is 64.6 Å². The van der Waals surface area contributed by atoms with Gasteiger partial charge in [0.15, 0.2) is 5.96 Å². The number of likely N-dealkylation sites (tertiary alicyclic amines) is 1. The highest BCUT2D eigenvalue weighted by Gasteiger charge is 2.25. The Balaban J connectivity index is 2.54. The number of hydrogen-bond donors (Lipinski definition) is 2. The van der Waals surface area contributed by atoms with Crippen LogP contribution in [-0.2, 0) is 4.74 Å². The van der Waals surface area contributed by atoms with Gasteiger partial charge in [-0.05, 0) is 39.0 Å². The quantitative estimate of drug-likeness (QED) is 0.479. The topological polar surface area (TPSA) is 57.1 Å². The van der Waals surface area contributed by atoms with E-state index in [1.807, 2.05) is 6.92 Å². The molecule has 1 fully saturated rings. The summed E-state index contributed by atoms with van der Waals surface area (Å²) in [5, 5.41) is 12.6. The number of aliphatic imine (C=N–C) groups is 1. The zero-order valence-corrected chi connectivity index (χ0v) is 14.7. The summed E-state index contributed by atoms with van der Waals surface area (Å²) in [6.07, 6.45) is 4.32. The van der Waals surface area contributed by atoms with Crippen LogP contribution in [0.15, 0.2) is 4.99 Å².